The Balaban J connectivity index is 1.18. The fraction of sp³-hybridized carbons (Fsp3) is 0.458. The molecule has 1 atom stereocenters. The molecule has 1 saturated carbocycles. The Morgan fingerprint density at radius 2 is 2.09 bits per heavy atom. The number of thioether (sulfide) groups is 1. The van der Waals surface area contributed by atoms with E-state index < -0.39 is 0 Å². The molecule has 0 bridgehead atoms. The standard InChI is InChI=1S/C24H25N3O3S2/c1-13-2-6-16-19(8-13)32-24-21(16)23(26-22(27-24)15-4-5-15)31-11-20(28)25-10-14-3-7-17-18(9-14)30-12-29-17/h3,7,9,13,15H,2,4-6,8,10-12H2,1H3,(H,25,28). The molecule has 3 heterocycles. The quantitative estimate of drug-likeness (QED) is 0.413. The Labute approximate surface area is 195 Å². The first kappa shape index (κ1) is 20.3. The summed E-state index contributed by atoms with van der Waals surface area (Å²) in [6.45, 7) is 3.05. The lowest BCUT2D eigenvalue weighted by Gasteiger charge is -2.18. The third kappa shape index (κ3) is 3.94. The highest BCUT2D eigenvalue weighted by atomic mass is 32.2. The molecular weight excluding hydrogens is 442 g/mol. The second-order valence-electron chi connectivity index (χ2n) is 8.95. The summed E-state index contributed by atoms with van der Waals surface area (Å²) in [6, 6.07) is 5.76. The number of aromatic nitrogens is 2. The van der Waals surface area contributed by atoms with Gasteiger partial charge in [0.05, 0.1) is 5.75 Å². The summed E-state index contributed by atoms with van der Waals surface area (Å²) in [6.07, 6.45) is 5.78. The molecule has 166 valence electrons. The van der Waals surface area contributed by atoms with Gasteiger partial charge in [-0.2, -0.15) is 0 Å². The third-order valence-corrected chi connectivity index (χ3v) is 8.47. The summed E-state index contributed by atoms with van der Waals surface area (Å²) in [7, 11) is 0. The number of amides is 1. The first-order valence-corrected chi connectivity index (χ1v) is 13.0. The molecule has 1 aliphatic heterocycles. The van der Waals surface area contributed by atoms with Crippen LogP contribution in [0, 0.1) is 5.92 Å². The second kappa shape index (κ2) is 8.23. The van der Waals surface area contributed by atoms with E-state index in [2.05, 4.69) is 12.2 Å². The summed E-state index contributed by atoms with van der Waals surface area (Å²) < 4.78 is 10.8. The van der Waals surface area contributed by atoms with Crippen LogP contribution < -0.4 is 14.8 Å². The van der Waals surface area contributed by atoms with E-state index in [9.17, 15) is 4.79 Å². The number of thiophene rings is 1. The summed E-state index contributed by atoms with van der Waals surface area (Å²) in [5, 5.41) is 5.21. The molecule has 1 fully saturated rings. The van der Waals surface area contributed by atoms with E-state index >= 15 is 0 Å². The maximum Gasteiger partial charge on any atom is 0.231 e. The highest BCUT2D eigenvalue weighted by Crippen LogP contribution is 2.44. The van der Waals surface area contributed by atoms with Gasteiger partial charge in [-0.05, 0) is 61.3 Å². The van der Waals surface area contributed by atoms with E-state index in [0.29, 0.717) is 18.2 Å². The minimum atomic E-state index is 0.00474. The van der Waals surface area contributed by atoms with Gasteiger partial charge in [0.15, 0.2) is 11.5 Å². The molecule has 0 saturated heterocycles. The predicted octanol–water partition coefficient (Wildman–Crippen LogP) is 4.83. The van der Waals surface area contributed by atoms with Gasteiger partial charge in [0.25, 0.3) is 0 Å². The summed E-state index contributed by atoms with van der Waals surface area (Å²) in [4.78, 5) is 25.1. The Morgan fingerprint density at radius 3 is 2.97 bits per heavy atom. The van der Waals surface area contributed by atoms with Crippen LogP contribution in [0.4, 0.5) is 0 Å². The van der Waals surface area contributed by atoms with Crippen molar-refractivity contribution in [2.45, 2.75) is 56.5 Å². The second-order valence-corrected chi connectivity index (χ2v) is 11.0. The molecule has 0 radical (unpaired) electrons. The molecule has 6 nitrogen and oxygen atoms in total. The minimum Gasteiger partial charge on any atom is -0.454 e. The SMILES string of the molecule is CC1CCc2c(sc3nc(C4CC4)nc(SCC(=O)NCc4ccc5c(c4)OCO5)c23)C1. The van der Waals surface area contributed by atoms with Crippen LogP contribution in [0.3, 0.4) is 0 Å². The van der Waals surface area contributed by atoms with E-state index in [1.54, 1.807) is 11.8 Å². The smallest absolute Gasteiger partial charge is 0.231 e. The van der Waals surface area contributed by atoms with Gasteiger partial charge < -0.3 is 14.8 Å². The van der Waals surface area contributed by atoms with Gasteiger partial charge in [0.1, 0.15) is 15.7 Å². The average Bonchev–Trinajstić information content (AvgIpc) is 3.43. The van der Waals surface area contributed by atoms with Crippen molar-refractivity contribution in [3.8, 4) is 11.5 Å². The summed E-state index contributed by atoms with van der Waals surface area (Å²) in [5.74, 6) is 4.03. The molecule has 8 heteroatoms. The number of aryl methyl sites for hydroxylation is 1. The molecule has 3 aliphatic rings. The molecule has 32 heavy (non-hydrogen) atoms. The van der Waals surface area contributed by atoms with Crippen molar-refractivity contribution in [1.82, 2.24) is 15.3 Å². The van der Waals surface area contributed by atoms with Gasteiger partial charge in [-0.3, -0.25) is 4.79 Å². The average molecular weight is 468 g/mol. The number of fused-ring (bicyclic) bond motifs is 4. The zero-order valence-corrected chi connectivity index (χ0v) is 19.6. The van der Waals surface area contributed by atoms with Crippen molar-refractivity contribution in [1.29, 1.82) is 0 Å². The zero-order chi connectivity index (χ0) is 21.7. The fourth-order valence-corrected chi connectivity index (χ4v) is 6.74. The lowest BCUT2D eigenvalue weighted by atomic mass is 9.89. The van der Waals surface area contributed by atoms with Crippen LogP contribution in [0.25, 0.3) is 10.2 Å². The maximum absolute atomic E-state index is 12.6. The van der Waals surface area contributed by atoms with Crippen molar-refractivity contribution in [2.75, 3.05) is 12.5 Å². The number of rotatable bonds is 6. The van der Waals surface area contributed by atoms with E-state index in [4.69, 9.17) is 19.4 Å². The molecule has 1 aromatic carbocycles. The van der Waals surface area contributed by atoms with Gasteiger partial charge in [0.2, 0.25) is 12.7 Å². The molecule has 6 rings (SSSR count). The number of carbonyl (C=O) groups is 1. The van der Waals surface area contributed by atoms with Crippen LogP contribution in [-0.2, 0) is 24.2 Å². The molecule has 0 spiro atoms. The molecular formula is C24H25N3O3S2. The van der Waals surface area contributed by atoms with Crippen molar-refractivity contribution < 1.29 is 14.3 Å². The van der Waals surface area contributed by atoms with Crippen molar-refractivity contribution in [2.24, 2.45) is 5.92 Å². The highest BCUT2D eigenvalue weighted by Gasteiger charge is 2.30. The van der Waals surface area contributed by atoms with Gasteiger partial charge in [-0.1, -0.05) is 24.8 Å². The van der Waals surface area contributed by atoms with E-state index in [1.165, 1.54) is 35.1 Å². The van der Waals surface area contributed by atoms with Gasteiger partial charge in [0, 0.05) is 22.7 Å². The van der Waals surface area contributed by atoms with Crippen LogP contribution in [0.2, 0.25) is 0 Å². The van der Waals surface area contributed by atoms with Crippen molar-refractivity contribution in [3.05, 3.63) is 40.0 Å². The van der Waals surface area contributed by atoms with Crippen LogP contribution in [-0.4, -0.2) is 28.4 Å². The molecule has 2 aromatic heterocycles. The number of nitrogens with one attached hydrogen (secondary N) is 1. The Hall–Kier alpha value is -2.32. The lowest BCUT2D eigenvalue weighted by molar-refractivity contribution is -0.118. The summed E-state index contributed by atoms with van der Waals surface area (Å²) >= 11 is 3.39. The van der Waals surface area contributed by atoms with Crippen LogP contribution in [0.5, 0.6) is 11.5 Å². The minimum absolute atomic E-state index is 0.00474. The monoisotopic (exact) mass is 467 g/mol. The number of hydrogen-bond acceptors (Lipinski definition) is 7. The van der Waals surface area contributed by atoms with Gasteiger partial charge >= 0.3 is 0 Å². The van der Waals surface area contributed by atoms with Crippen LogP contribution in [0.1, 0.15) is 53.9 Å². The maximum atomic E-state index is 12.6. The number of carbonyl (C=O) groups excluding carboxylic acids is 1. The highest BCUT2D eigenvalue weighted by molar-refractivity contribution is 8.00. The lowest BCUT2D eigenvalue weighted by Crippen LogP contribution is -2.24. The van der Waals surface area contributed by atoms with Crippen molar-refractivity contribution >= 4 is 39.2 Å². The number of benzene rings is 1. The Kier molecular flexibility index (Phi) is 5.22. The van der Waals surface area contributed by atoms with Gasteiger partial charge in [-0.15, -0.1) is 11.3 Å². The van der Waals surface area contributed by atoms with Gasteiger partial charge in [-0.25, -0.2) is 9.97 Å². The zero-order valence-electron chi connectivity index (χ0n) is 18.0. The third-order valence-electron chi connectivity index (χ3n) is 6.35. The molecule has 2 aliphatic carbocycles. The van der Waals surface area contributed by atoms with E-state index in [1.807, 2.05) is 29.5 Å². The fourth-order valence-electron chi connectivity index (χ4n) is 4.39. The molecule has 1 N–H and O–H groups in total. The number of hydrogen-bond donors (Lipinski definition) is 1. The molecule has 1 unspecified atom stereocenters. The molecule has 3 aromatic rings. The number of ether oxygens (including phenoxy) is 2. The van der Waals surface area contributed by atoms with E-state index in [-0.39, 0.29) is 12.7 Å². The topological polar surface area (TPSA) is 73.3 Å². The Bertz CT molecular complexity index is 1200. The Morgan fingerprint density at radius 1 is 1.22 bits per heavy atom. The summed E-state index contributed by atoms with van der Waals surface area (Å²) in [5.41, 5.74) is 2.42. The predicted molar refractivity (Wildman–Crippen MR) is 126 cm³/mol. The number of nitrogens with zero attached hydrogens (tertiary/aromatic N) is 2. The largest absolute Gasteiger partial charge is 0.454 e. The van der Waals surface area contributed by atoms with Crippen molar-refractivity contribution in [3.63, 3.8) is 0 Å². The van der Waals surface area contributed by atoms with Crippen LogP contribution in [0.15, 0.2) is 23.2 Å². The van der Waals surface area contributed by atoms with Crippen LogP contribution >= 0.6 is 23.1 Å². The van der Waals surface area contributed by atoms with E-state index in [0.717, 1.165) is 51.5 Å². The molecule has 1 amide bonds. The first-order chi connectivity index (χ1) is 15.6. The normalized spacial score (nSPS) is 19.2. The first-order valence-electron chi connectivity index (χ1n) is 11.2.